The number of urea groups is 1. The van der Waals surface area contributed by atoms with Crippen LogP contribution in [0.4, 0.5) is 18.0 Å². The van der Waals surface area contributed by atoms with E-state index < -0.39 is 11.7 Å². The zero-order chi connectivity index (χ0) is 24.2. The number of hydrogen-bond donors (Lipinski definition) is 0. The first-order chi connectivity index (χ1) is 15.6. The van der Waals surface area contributed by atoms with E-state index in [2.05, 4.69) is 17.6 Å². The number of methoxy groups -OCH3 is 1. The molecule has 2 aliphatic rings. The quantitative estimate of drug-likeness (QED) is 0.467. The maximum atomic E-state index is 13.3. The summed E-state index contributed by atoms with van der Waals surface area (Å²) in [6, 6.07) is 7.27. The van der Waals surface area contributed by atoms with E-state index in [0.717, 1.165) is 17.7 Å². The molecule has 9 heteroatoms. The van der Waals surface area contributed by atoms with E-state index in [0.29, 0.717) is 57.0 Å². The van der Waals surface area contributed by atoms with E-state index in [1.807, 2.05) is 0 Å². The summed E-state index contributed by atoms with van der Waals surface area (Å²) in [6.45, 7) is 7.37. The van der Waals surface area contributed by atoms with Crippen molar-refractivity contribution in [3.8, 4) is 6.07 Å². The van der Waals surface area contributed by atoms with Crippen LogP contribution in [-0.2, 0) is 10.9 Å². The van der Waals surface area contributed by atoms with Gasteiger partial charge < -0.3 is 14.5 Å². The Kier molecular flexibility index (Phi) is 7.67. The Morgan fingerprint density at radius 2 is 1.82 bits per heavy atom. The molecular formula is C24H29F3N4O2. The van der Waals surface area contributed by atoms with Crippen LogP contribution in [0.25, 0.3) is 0 Å². The lowest BCUT2D eigenvalue weighted by atomic mass is 9.84. The van der Waals surface area contributed by atoms with E-state index in [9.17, 15) is 18.0 Å². The van der Waals surface area contributed by atoms with Gasteiger partial charge in [-0.2, -0.15) is 18.4 Å². The number of aliphatic imine (C=N–C) groups is 1. The van der Waals surface area contributed by atoms with Gasteiger partial charge in [-0.15, -0.1) is 0 Å². The standard InChI is InChI=1S/C24H29F3N4O2/c1-16(2)29-22(33-3)20-12-19(18-4-6-21(7-5-18)24(25,26)27)14-31(15-20)23(32)30-10-8-17(13-28)9-11-30/h4-7,17,19-20H,1,8-12,14-15H2,2-3H3. The summed E-state index contributed by atoms with van der Waals surface area (Å²) in [4.78, 5) is 21.2. The number of nitriles is 1. The van der Waals surface area contributed by atoms with Crippen molar-refractivity contribution in [1.82, 2.24) is 9.80 Å². The lowest BCUT2D eigenvalue weighted by molar-refractivity contribution is -0.137. The molecule has 2 heterocycles. The highest BCUT2D eigenvalue weighted by Crippen LogP contribution is 2.35. The minimum atomic E-state index is -4.40. The van der Waals surface area contributed by atoms with Crippen LogP contribution in [0.2, 0.25) is 0 Å². The topological polar surface area (TPSA) is 68.9 Å². The SMILES string of the molecule is C=C(C)N=C(OC)C1CC(c2ccc(C(F)(F)F)cc2)CN(C(=O)N2CCC(C#N)CC2)C1. The van der Waals surface area contributed by atoms with E-state index in [-0.39, 0.29) is 23.8 Å². The van der Waals surface area contributed by atoms with Gasteiger partial charge in [0, 0.05) is 43.7 Å². The van der Waals surface area contributed by atoms with Crippen LogP contribution >= 0.6 is 0 Å². The minimum Gasteiger partial charge on any atom is -0.484 e. The molecule has 2 fully saturated rings. The molecule has 0 aliphatic carbocycles. The van der Waals surface area contributed by atoms with Gasteiger partial charge in [0.2, 0.25) is 0 Å². The zero-order valence-corrected chi connectivity index (χ0v) is 18.9. The normalized spacial score (nSPS) is 22.6. The number of benzene rings is 1. The number of amides is 2. The number of halogens is 3. The zero-order valence-electron chi connectivity index (χ0n) is 18.9. The highest BCUT2D eigenvalue weighted by Gasteiger charge is 2.37. The predicted octanol–water partition coefficient (Wildman–Crippen LogP) is 5.04. The van der Waals surface area contributed by atoms with Crippen LogP contribution in [0.1, 0.15) is 43.2 Å². The number of piperidine rings is 2. The molecule has 0 radical (unpaired) electrons. The summed E-state index contributed by atoms with van der Waals surface area (Å²) in [6.07, 6.45) is -2.53. The molecule has 2 aliphatic heterocycles. The van der Waals surface area contributed by atoms with Gasteiger partial charge in [0.15, 0.2) is 5.90 Å². The first-order valence-corrected chi connectivity index (χ1v) is 11.0. The predicted molar refractivity (Wildman–Crippen MR) is 118 cm³/mol. The average Bonchev–Trinajstić information content (AvgIpc) is 2.81. The summed E-state index contributed by atoms with van der Waals surface area (Å²) in [5.41, 5.74) is 0.604. The first kappa shape index (κ1) is 24.6. The van der Waals surface area contributed by atoms with Gasteiger partial charge in [-0.1, -0.05) is 18.7 Å². The van der Waals surface area contributed by atoms with Gasteiger partial charge in [0.1, 0.15) is 0 Å². The van der Waals surface area contributed by atoms with Crippen LogP contribution in [0.15, 0.2) is 41.5 Å². The number of likely N-dealkylation sites (tertiary alicyclic amines) is 2. The molecule has 1 aromatic carbocycles. The van der Waals surface area contributed by atoms with Crippen LogP contribution in [0.5, 0.6) is 0 Å². The lowest BCUT2D eigenvalue weighted by Gasteiger charge is -2.41. The monoisotopic (exact) mass is 462 g/mol. The Morgan fingerprint density at radius 3 is 2.33 bits per heavy atom. The molecule has 2 unspecified atom stereocenters. The number of carbonyl (C=O) groups excluding carboxylic acids is 1. The molecule has 178 valence electrons. The van der Waals surface area contributed by atoms with Crippen LogP contribution < -0.4 is 0 Å². The largest absolute Gasteiger partial charge is 0.484 e. The Morgan fingerprint density at radius 1 is 1.18 bits per heavy atom. The number of carbonyl (C=O) groups is 1. The van der Waals surface area contributed by atoms with Gasteiger partial charge in [-0.25, -0.2) is 9.79 Å². The van der Waals surface area contributed by atoms with E-state index in [1.165, 1.54) is 19.2 Å². The third kappa shape index (κ3) is 6.06. The van der Waals surface area contributed by atoms with E-state index in [1.54, 1.807) is 16.7 Å². The fraction of sp³-hybridized carbons (Fsp3) is 0.542. The van der Waals surface area contributed by atoms with Gasteiger partial charge in [0.25, 0.3) is 0 Å². The van der Waals surface area contributed by atoms with Crippen molar-refractivity contribution in [2.24, 2.45) is 16.8 Å². The molecule has 2 saturated heterocycles. The number of allylic oxidation sites excluding steroid dienone is 1. The molecule has 2 atom stereocenters. The summed E-state index contributed by atoms with van der Waals surface area (Å²) in [7, 11) is 1.52. The van der Waals surface area contributed by atoms with Gasteiger partial charge in [0.05, 0.1) is 24.7 Å². The average molecular weight is 463 g/mol. The van der Waals surface area contributed by atoms with Crippen LogP contribution in [0, 0.1) is 23.2 Å². The van der Waals surface area contributed by atoms with Crippen molar-refractivity contribution >= 4 is 11.9 Å². The van der Waals surface area contributed by atoms with Crippen molar-refractivity contribution in [3.63, 3.8) is 0 Å². The maximum absolute atomic E-state index is 13.3. The number of nitrogens with zero attached hydrogens (tertiary/aromatic N) is 4. The number of ether oxygens (including phenoxy) is 1. The fourth-order valence-corrected chi connectivity index (χ4v) is 4.51. The second kappa shape index (κ2) is 10.3. The lowest BCUT2D eigenvalue weighted by Crippen LogP contribution is -2.52. The van der Waals surface area contributed by atoms with Crippen molar-refractivity contribution in [3.05, 3.63) is 47.7 Å². The number of rotatable bonds is 3. The molecule has 1 aromatic rings. The highest BCUT2D eigenvalue weighted by atomic mass is 19.4. The summed E-state index contributed by atoms with van der Waals surface area (Å²) < 4.78 is 44.5. The molecule has 33 heavy (non-hydrogen) atoms. The molecule has 2 amide bonds. The summed E-state index contributed by atoms with van der Waals surface area (Å²) in [5.74, 6) is 0.0383. The Balaban J connectivity index is 1.85. The third-order valence-corrected chi connectivity index (χ3v) is 6.24. The van der Waals surface area contributed by atoms with E-state index >= 15 is 0 Å². The first-order valence-electron chi connectivity index (χ1n) is 11.0. The Hall–Kier alpha value is -3.02. The Bertz CT molecular complexity index is 929. The molecule has 0 bridgehead atoms. The minimum absolute atomic E-state index is 0.0363. The Labute approximate surface area is 192 Å². The molecule has 0 aromatic heterocycles. The van der Waals surface area contributed by atoms with Crippen molar-refractivity contribution < 1.29 is 22.7 Å². The maximum Gasteiger partial charge on any atom is 0.416 e. The van der Waals surface area contributed by atoms with Crippen molar-refractivity contribution in [2.75, 3.05) is 33.3 Å². The molecule has 6 nitrogen and oxygen atoms in total. The molecular weight excluding hydrogens is 433 g/mol. The van der Waals surface area contributed by atoms with Gasteiger partial charge in [-0.05, 0) is 43.9 Å². The van der Waals surface area contributed by atoms with Crippen LogP contribution in [-0.4, -0.2) is 55.0 Å². The summed E-state index contributed by atoms with van der Waals surface area (Å²) in [5, 5.41) is 9.12. The molecule has 0 saturated carbocycles. The fourth-order valence-electron chi connectivity index (χ4n) is 4.51. The molecule has 0 N–H and O–H groups in total. The van der Waals surface area contributed by atoms with Crippen LogP contribution in [0.3, 0.4) is 0 Å². The molecule has 0 spiro atoms. The van der Waals surface area contributed by atoms with Crippen molar-refractivity contribution in [1.29, 1.82) is 5.26 Å². The van der Waals surface area contributed by atoms with E-state index in [4.69, 9.17) is 10.00 Å². The summed E-state index contributed by atoms with van der Waals surface area (Å²) >= 11 is 0. The highest BCUT2D eigenvalue weighted by molar-refractivity contribution is 5.82. The van der Waals surface area contributed by atoms with Gasteiger partial charge in [-0.3, -0.25) is 0 Å². The third-order valence-electron chi connectivity index (χ3n) is 6.24. The number of hydrogen-bond acceptors (Lipinski definition) is 4. The van der Waals surface area contributed by atoms with Gasteiger partial charge >= 0.3 is 12.2 Å². The second-order valence-electron chi connectivity index (χ2n) is 8.72. The van der Waals surface area contributed by atoms with Crippen molar-refractivity contribution in [2.45, 2.75) is 38.3 Å². The second-order valence-corrected chi connectivity index (χ2v) is 8.72. The molecule has 3 rings (SSSR count). The smallest absolute Gasteiger partial charge is 0.416 e. The number of alkyl halides is 3.